The number of carboxylic acids is 1. The molecule has 1 aromatic rings. The maximum atomic E-state index is 11.8. The van der Waals surface area contributed by atoms with E-state index < -0.39 is 11.9 Å². The van der Waals surface area contributed by atoms with E-state index in [-0.39, 0.29) is 0 Å². The number of aryl methyl sites for hydroxylation is 1. The van der Waals surface area contributed by atoms with Crippen LogP contribution in [0.15, 0.2) is 12.6 Å². The molecule has 0 aromatic carbocycles. The molecule has 0 fully saturated rings. The van der Waals surface area contributed by atoms with Crippen molar-refractivity contribution in [2.24, 2.45) is 0 Å². The van der Waals surface area contributed by atoms with E-state index in [0.29, 0.717) is 12.1 Å². The molecule has 1 aromatic heterocycles. The molecule has 126 valence electrons. The van der Waals surface area contributed by atoms with Gasteiger partial charge in [0, 0.05) is 6.54 Å². The molecule has 23 heavy (non-hydrogen) atoms. The topological polar surface area (TPSA) is 62.2 Å². The van der Waals surface area contributed by atoms with Crippen LogP contribution in [0.4, 0.5) is 5.82 Å². The predicted molar refractivity (Wildman–Crippen MR) is 94.9 cm³/mol. The highest BCUT2D eigenvalue weighted by molar-refractivity contribution is 5.78. The zero-order valence-electron chi connectivity index (χ0n) is 14.1. The van der Waals surface area contributed by atoms with Crippen molar-refractivity contribution in [3.05, 3.63) is 29.5 Å². The van der Waals surface area contributed by atoms with Gasteiger partial charge >= 0.3 is 5.97 Å². The zero-order valence-corrected chi connectivity index (χ0v) is 14.1. The van der Waals surface area contributed by atoms with Crippen LogP contribution in [-0.4, -0.2) is 22.6 Å². The van der Waals surface area contributed by atoms with E-state index in [2.05, 4.69) is 29.9 Å². The van der Waals surface area contributed by atoms with Gasteiger partial charge in [-0.2, -0.15) is 0 Å². The fraction of sp³-hybridized carbons (Fsp3) is 0.579. The maximum Gasteiger partial charge on any atom is 0.312 e. The molecule has 2 N–H and O–H groups in total. The highest BCUT2D eigenvalue weighted by Gasteiger charge is 2.25. The van der Waals surface area contributed by atoms with Crippen LogP contribution in [0.3, 0.4) is 0 Å². The first-order valence-corrected chi connectivity index (χ1v) is 8.80. The molecular formula is C19H28N2O2. The maximum absolute atomic E-state index is 11.8. The van der Waals surface area contributed by atoms with E-state index in [0.717, 1.165) is 43.6 Å². The number of hydrogen-bond acceptors (Lipinski definition) is 3. The van der Waals surface area contributed by atoms with Crippen LogP contribution in [0, 0.1) is 0 Å². The SMILES string of the molecule is C=Cc1cc2c(nc1C(CCCCCCC)C(=O)O)NCCC2. The molecule has 0 aliphatic carbocycles. The van der Waals surface area contributed by atoms with Crippen molar-refractivity contribution in [2.75, 3.05) is 11.9 Å². The number of rotatable bonds is 9. The van der Waals surface area contributed by atoms with E-state index >= 15 is 0 Å². The van der Waals surface area contributed by atoms with Crippen molar-refractivity contribution in [3.63, 3.8) is 0 Å². The van der Waals surface area contributed by atoms with E-state index in [4.69, 9.17) is 0 Å². The molecule has 0 saturated carbocycles. The number of nitrogens with zero attached hydrogens (tertiary/aromatic N) is 1. The summed E-state index contributed by atoms with van der Waals surface area (Å²) in [6, 6.07) is 2.06. The molecule has 1 atom stereocenters. The van der Waals surface area contributed by atoms with Gasteiger partial charge in [-0.3, -0.25) is 4.79 Å². The molecule has 2 rings (SSSR count). The van der Waals surface area contributed by atoms with Crippen LogP contribution >= 0.6 is 0 Å². The lowest BCUT2D eigenvalue weighted by atomic mass is 9.92. The van der Waals surface area contributed by atoms with Crippen molar-refractivity contribution in [2.45, 2.75) is 64.2 Å². The molecule has 0 bridgehead atoms. The van der Waals surface area contributed by atoms with Gasteiger partial charge in [0.2, 0.25) is 0 Å². The van der Waals surface area contributed by atoms with Gasteiger partial charge < -0.3 is 10.4 Å². The number of unbranched alkanes of at least 4 members (excludes halogenated alkanes) is 4. The summed E-state index contributed by atoms with van der Waals surface area (Å²) in [5.41, 5.74) is 2.70. The largest absolute Gasteiger partial charge is 0.481 e. The summed E-state index contributed by atoms with van der Waals surface area (Å²) in [6.07, 6.45) is 10.1. The normalized spacial score (nSPS) is 14.7. The highest BCUT2D eigenvalue weighted by Crippen LogP contribution is 2.30. The Bertz CT molecular complexity index is 555. The number of nitrogens with one attached hydrogen (secondary N) is 1. The summed E-state index contributed by atoms with van der Waals surface area (Å²) in [5, 5.41) is 13.0. The fourth-order valence-corrected chi connectivity index (χ4v) is 3.19. The molecule has 1 unspecified atom stereocenters. The molecule has 0 radical (unpaired) electrons. The number of carboxylic acid groups (broad SMARTS) is 1. The Balaban J connectivity index is 2.17. The van der Waals surface area contributed by atoms with Gasteiger partial charge in [0.15, 0.2) is 0 Å². The second-order valence-corrected chi connectivity index (χ2v) is 6.30. The van der Waals surface area contributed by atoms with Crippen molar-refractivity contribution < 1.29 is 9.90 Å². The first-order chi connectivity index (χ1) is 11.2. The molecule has 2 heterocycles. The van der Waals surface area contributed by atoms with Crippen LogP contribution in [0.1, 0.15) is 74.6 Å². The summed E-state index contributed by atoms with van der Waals surface area (Å²) in [4.78, 5) is 16.4. The molecule has 4 heteroatoms. The number of hydrogen-bond donors (Lipinski definition) is 2. The van der Waals surface area contributed by atoms with Gasteiger partial charge in [-0.25, -0.2) is 4.98 Å². The van der Waals surface area contributed by atoms with E-state index in [1.54, 1.807) is 6.08 Å². The molecular weight excluding hydrogens is 288 g/mol. The molecule has 0 saturated heterocycles. The minimum absolute atomic E-state index is 0.543. The Morgan fingerprint density at radius 3 is 2.91 bits per heavy atom. The number of aliphatic carboxylic acids is 1. The van der Waals surface area contributed by atoms with Gasteiger partial charge in [-0.1, -0.05) is 51.7 Å². The smallest absolute Gasteiger partial charge is 0.312 e. The lowest BCUT2D eigenvalue weighted by Gasteiger charge is -2.22. The molecule has 0 spiro atoms. The second-order valence-electron chi connectivity index (χ2n) is 6.30. The first-order valence-electron chi connectivity index (χ1n) is 8.80. The van der Waals surface area contributed by atoms with Crippen LogP contribution < -0.4 is 5.32 Å². The number of anilines is 1. The summed E-state index contributed by atoms with van der Waals surface area (Å²) >= 11 is 0. The molecule has 1 aliphatic rings. The Morgan fingerprint density at radius 1 is 1.43 bits per heavy atom. The summed E-state index contributed by atoms with van der Waals surface area (Å²) < 4.78 is 0. The number of carbonyl (C=O) groups is 1. The summed E-state index contributed by atoms with van der Waals surface area (Å²) in [7, 11) is 0. The highest BCUT2D eigenvalue weighted by atomic mass is 16.4. The third kappa shape index (κ3) is 4.57. The number of aromatic nitrogens is 1. The van der Waals surface area contributed by atoms with Crippen molar-refractivity contribution in [3.8, 4) is 0 Å². The predicted octanol–water partition coefficient (Wildman–Crippen LogP) is 4.61. The quantitative estimate of drug-likeness (QED) is 0.653. The molecule has 0 amide bonds. The van der Waals surface area contributed by atoms with Gasteiger partial charge in [0.25, 0.3) is 0 Å². The first kappa shape index (κ1) is 17.5. The lowest BCUT2D eigenvalue weighted by molar-refractivity contribution is -0.139. The van der Waals surface area contributed by atoms with Gasteiger partial charge in [-0.05, 0) is 36.5 Å². The van der Waals surface area contributed by atoms with Gasteiger partial charge in [-0.15, -0.1) is 0 Å². The Hall–Kier alpha value is -1.84. The van der Waals surface area contributed by atoms with E-state index in [9.17, 15) is 9.90 Å². The average Bonchev–Trinajstić information content (AvgIpc) is 2.56. The van der Waals surface area contributed by atoms with Crippen LogP contribution in [0.5, 0.6) is 0 Å². The second kappa shape index (κ2) is 8.70. The van der Waals surface area contributed by atoms with E-state index in [1.165, 1.54) is 24.8 Å². The third-order valence-electron chi connectivity index (χ3n) is 4.52. The average molecular weight is 316 g/mol. The standard InChI is InChI=1S/C19H28N2O2/c1-3-5-6-7-8-11-16(19(22)23)17-14(4-2)13-15-10-9-12-20-18(15)21-17/h4,13,16H,2-3,5-12H2,1H3,(H,20,21)(H,22,23). The van der Waals surface area contributed by atoms with Crippen molar-refractivity contribution in [1.29, 1.82) is 0 Å². The Kier molecular flexibility index (Phi) is 6.63. The fourth-order valence-electron chi connectivity index (χ4n) is 3.19. The van der Waals surface area contributed by atoms with Crippen molar-refractivity contribution in [1.82, 2.24) is 4.98 Å². The summed E-state index contributed by atoms with van der Waals surface area (Å²) in [6.45, 7) is 6.94. The number of pyridine rings is 1. The monoisotopic (exact) mass is 316 g/mol. The zero-order chi connectivity index (χ0) is 16.7. The Labute approximate surface area is 139 Å². The minimum atomic E-state index is -0.785. The van der Waals surface area contributed by atoms with Gasteiger partial charge in [0.05, 0.1) is 11.6 Å². The van der Waals surface area contributed by atoms with Crippen LogP contribution in [0.2, 0.25) is 0 Å². The summed E-state index contributed by atoms with van der Waals surface area (Å²) in [5.74, 6) is -0.473. The van der Waals surface area contributed by atoms with Gasteiger partial charge in [0.1, 0.15) is 5.82 Å². The van der Waals surface area contributed by atoms with E-state index in [1.807, 2.05) is 0 Å². The minimum Gasteiger partial charge on any atom is -0.481 e. The van der Waals surface area contributed by atoms with Crippen molar-refractivity contribution >= 4 is 17.9 Å². The lowest BCUT2D eigenvalue weighted by Crippen LogP contribution is -2.19. The Morgan fingerprint density at radius 2 is 2.22 bits per heavy atom. The third-order valence-corrected chi connectivity index (χ3v) is 4.52. The van der Waals surface area contributed by atoms with Crippen LogP contribution in [0.25, 0.3) is 6.08 Å². The molecule has 1 aliphatic heterocycles. The van der Waals surface area contributed by atoms with Crippen LogP contribution in [-0.2, 0) is 11.2 Å². The molecule has 4 nitrogen and oxygen atoms in total. The number of fused-ring (bicyclic) bond motifs is 1.